The number of likely N-dealkylation sites (N-methyl/N-ethyl adjacent to an activating group) is 1. The maximum atomic E-state index is 6.16. The second kappa shape index (κ2) is 7.92. The van der Waals surface area contributed by atoms with Crippen molar-refractivity contribution in [1.82, 2.24) is 9.80 Å². The molecule has 0 bridgehead atoms. The molecule has 0 saturated carbocycles. The first-order chi connectivity index (χ1) is 10.1. The molecule has 2 rings (SSSR count). The van der Waals surface area contributed by atoms with Gasteiger partial charge in [-0.05, 0) is 37.9 Å². The number of nitrogens with two attached hydrogens (primary N) is 1. The molecule has 3 heteroatoms. The lowest BCUT2D eigenvalue weighted by atomic mass is 10.0. The minimum Gasteiger partial charge on any atom is -0.327 e. The quantitative estimate of drug-likeness (QED) is 0.837. The molecule has 1 aromatic carbocycles. The minimum absolute atomic E-state index is 0.328. The monoisotopic (exact) mass is 289 g/mol. The molecule has 2 atom stereocenters. The lowest BCUT2D eigenvalue weighted by Gasteiger charge is -2.27. The molecule has 1 saturated heterocycles. The Morgan fingerprint density at radius 2 is 2.00 bits per heavy atom. The molecule has 0 aromatic heterocycles. The summed E-state index contributed by atoms with van der Waals surface area (Å²) in [6.45, 7) is 9.01. The number of hydrogen-bond donors (Lipinski definition) is 1. The number of nitrogens with zero attached hydrogens (tertiary/aromatic N) is 2. The van der Waals surface area contributed by atoms with Gasteiger partial charge in [0, 0.05) is 31.7 Å². The third kappa shape index (κ3) is 5.10. The van der Waals surface area contributed by atoms with E-state index in [9.17, 15) is 0 Å². The average molecular weight is 289 g/mol. The topological polar surface area (TPSA) is 32.5 Å². The van der Waals surface area contributed by atoms with Gasteiger partial charge in [-0.15, -0.1) is 0 Å². The van der Waals surface area contributed by atoms with Crippen molar-refractivity contribution < 1.29 is 0 Å². The Bertz CT molecular complexity index is 404. The predicted molar refractivity (Wildman–Crippen MR) is 90.2 cm³/mol. The Morgan fingerprint density at radius 3 is 2.67 bits per heavy atom. The summed E-state index contributed by atoms with van der Waals surface area (Å²) >= 11 is 0. The largest absolute Gasteiger partial charge is 0.327 e. The molecule has 0 amide bonds. The van der Waals surface area contributed by atoms with Crippen molar-refractivity contribution in [2.24, 2.45) is 11.7 Å². The van der Waals surface area contributed by atoms with Crippen LogP contribution < -0.4 is 5.73 Å². The highest BCUT2D eigenvalue weighted by atomic mass is 15.2. The lowest BCUT2D eigenvalue weighted by molar-refractivity contribution is 0.218. The van der Waals surface area contributed by atoms with Gasteiger partial charge >= 0.3 is 0 Å². The van der Waals surface area contributed by atoms with Crippen LogP contribution in [0.3, 0.4) is 0 Å². The summed E-state index contributed by atoms with van der Waals surface area (Å²) in [6.07, 6.45) is 2.38. The van der Waals surface area contributed by atoms with Crippen LogP contribution in [-0.2, 0) is 6.54 Å². The van der Waals surface area contributed by atoms with E-state index < -0.39 is 0 Å². The highest BCUT2D eigenvalue weighted by Gasteiger charge is 2.25. The maximum absolute atomic E-state index is 6.16. The van der Waals surface area contributed by atoms with Crippen LogP contribution in [-0.4, -0.2) is 48.6 Å². The van der Waals surface area contributed by atoms with E-state index in [0.29, 0.717) is 18.0 Å². The van der Waals surface area contributed by atoms with Gasteiger partial charge in [-0.2, -0.15) is 0 Å². The van der Waals surface area contributed by atoms with Crippen molar-refractivity contribution in [1.29, 1.82) is 0 Å². The van der Waals surface area contributed by atoms with E-state index in [0.717, 1.165) is 19.5 Å². The fourth-order valence-corrected chi connectivity index (χ4v) is 3.03. The van der Waals surface area contributed by atoms with Crippen LogP contribution in [0.25, 0.3) is 0 Å². The number of likely N-dealkylation sites (tertiary alicyclic amines) is 1. The van der Waals surface area contributed by atoms with Gasteiger partial charge in [0.2, 0.25) is 0 Å². The first-order valence-electron chi connectivity index (χ1n) is 8.28. The van der Waals surface area contributed by atoms with Crippen molar-refractivity contribution in [3.8, 4) is 0 Å². The zero-order chi connectivity index (χ0) is 15.2. The second-order valence-corrected chi connectivity index (χ2v) is 6.84. The molecule has 0 spiro atoms. The highest BCUT2D eigenvalue weighted by molar-refractivity contribution is 5.14. The van der Waals surface area contributed by atoms with E-state index in [1.54, 1.807) is 0 Å². The fraction of sp³-hybridized carbons (Fsp3) is 0.667. The highest BCUT2D eigenvalue weighted by Crippen LogP contribution is 2.18. The Hall–Kier alpha value is -0.900. The van der Waals surface area contributed by atoms with Crippen molar-refractivity contribution in [2.45, 2.75) is 45.3 Å². The molecule has 2 unspecified atom stereocenters. The van der Waals surface area contributed by atoms with Gasteiger partial charge in [0.25, 0.3) is 0 Å². The van der Waals surface area contributed by atoms with Crippen molar-refractivity contribution in [3.63, 3.8) is 0 Å². The zero-order valence-electron chi connectivity index (χ0n) is 13.8. The van der Waals surface area contributed by atoms with Crippen LogP contribution in [0.1, 0.15) is 32.3 Å². The van der Waals surface area contributed by atoms with Crippen molar-refractivity contribution >= 4 is 0 Å². The van der Waals surface area contributed by atoms with Crippen LogP contribution in [0, 0.1) is 5.92 Å². The first kappa shape index (κ1) is 16.5. The molecule has 1 heterocycles. The van der Waals surface area contributed by atoms with Crippen LogP contribution in [0.4, 0.5) is 0 Å². The molecule has 118 valence electrons. The Balaban J connectivity index is 1.74. The van der Waals surface area contributed by atoms with Gasteiger partial charge in [-0.1, -0.05) is 44.2 Å². The standard InChI is InChI=1S/C18H31N3/c1-15(2)18(19)10-11-20(3)17-9-12-21(14-17)13-16-7-5-4-6-8-16/h4-8,15,17-18H,9-14,19H2,1-3H3. The molecule has 3 nitrogen and oxygen atoms in total. The minimum atomic E-state index is 0.328. The summed E-state index contributed by atoms with van der Waals surface area (Å²) in [7, 11) is 2.25. The maximum Gasteiger partial charge on any atom is 0.0234 e. The van der Waals surface area contributed by atoms with Crippen molar-refractivity contribution in [3.05, 3.63) is 35.9 Å². The van der Waals surface area contributed by atoms with E-state index in [-0.39, 0.29) is 0 Å². The van der Waals surface area contributed by atoms with Gasteiger partial charge in [0.1, 0.15) is 0 Å². The van der Waals surface area contributed by atoms with E-state index in [4.69, 9.17) is 5.73 Å². The Morgan fingerprint density at radius 1 is 1.29 bits per heavy atom. The first-order valence-corrected chi connectivity index (χ1v) is 8.28. The third-order valence-electron chi connectivity index (χ3n) is 4.79. The zero-order valence-corrected chi connectivity index (χ0v) is 13.8. The average Bonchev–Trinajstić information content (AvgIpc) is 2.94. The van der Waals surface area contributed by atoms with Crippen molar-refractivity contribution in [2.75, 3.05) is 26.7 Å². The van der Waals surface area contributed by atoms with Crippen LogP contribution >= 0.6 is 0 Å². The smallest absolute Gasteiger partial charge is 0.0234 e. The Labute approximate surface area is 130 Å². The van der Waals surface area contributed by atoms with E-state index in [1.807, 2.05) is 0 Å². The van der Waals surface area contributed by atoms with Gasteiger partial charge < -0.3 is 10.6 Å². The van der Waals surface area contributed by atoms with E-state index in [1.165, 1.54) is 25.1 Å². The molecular weight excluding hydrogens is 258 g/mol. The predicted octanol–water partition coefficient (Wildman–Crippen LogP) is 2.57. The fourth-order valence-electron chi connectivity index (χ4n) is 3.03. The van der Waals surface area contributed by atoms with Gasteiger partial charge in [-0.25, -0.2) is 0 Å². The summed E-state index contributed by atoms with van der Waals surface area (Å²) in [6, 6.07) is 11.8. The van der Waals surface area contributed by atoms with Crippen LogP contribution in [0.5, 0.6) is 0 Å². The number of hydrogen-bond acceptors (Lipinski definition) is 3. The van der Waals surface area contributed by atoms with Gasteiger partial charge in [0.05, 0.1) is 0 Å². The van der Waals surface area contributed by atoms with Crippen LogP contribution in [0.2, 0.25) is 0 Å². The molecule has 2 N–H and O–H groups in total. The third-order valence-corrected chi connectivity index (χ3v) is 4.79. The molecule has 1 aliphatic heterocycles. The molecule has 0 aliphatic carbocycles. The Kier molecular flexibility index (Phi) is 6.22. The lowest BCUT2D eigenvalue weighted by Crippen LogP contribution is -2.38. The summed E-state index contributed by atoms with van der Waals surface area (Å²) in [5, 5.41) is 0. The number of rotatable bonds is 7. The summed E-state index contributed by atoms with van der Waals surface area (Å²) in [5.41, 5.74) is 7.57. The summed E-state index contributed by atoms with van der Waals surface area (Å²) < 4.78 is 0. The van der Waals surface area contributed by atoms with Gasteiger partial charge in [-0.3, -0.25) is 4.90 Å². The SMILES string of the molecule is CC(C)C(N)CCN(C)C1CCN(Cc2ccccc2)C1. The normalized spacial score (nSPS) is 21.3. The van der Waals surface area contributed by atoms with Gasteiger partial charge in [0.15, 0.2) is 0 Å². The van der Waals surface area contributed by atoms with Crippen LogP contribution in [0.15, 0.2) is 30.3 Å². The molecule has 1 aromatic rings. The molecule has 1 aliphatic rings. The molecule has 0 radical (unpaired) electrons. The summed E-state index contributed by atoms with van der Waals surface area (Å²) in [5.74, 6) is 0.580. The molecule has 21 heavy (non-hydrogen) atoms. The second-order valence-electron chi connectivity index (χ2n) is 6.84. The molecular formula is C18H31N3. The number of benzene rings is 1. The van der Waals surface area contributed by atoms with E-state index >= 15 is 0 Å². The summed E-state index contributed by atoms with van der Waals surface area (Å²) in [4.78, 5) is 5.08. The molecule has 1 fully saturated rings. The van der Waals surface area contributed by atoms with E-state index in [2.05, 4.69) is 61.0 Å².